The molecule has 2 N–H and O–H groups in total. The Bertz CT molecular complexity index is 883. The van der Waals surface area contributed by atoms with Crippen LogP contribution in [0.2, 0.25) is 0 Å². The molecule has 0 saturated carbocycles. The average Bonchev–Trinajstić information content (AvgIpc) is 2.97. The van der Waals surface area contributed by atoms with E-state index in [0.717, 1.165) is 12.1 Å². The first-order valence-electron chi connectivity index (χ1n) is 8.67. The third kappa shape index (κ3) is 3.92. The smallest absolute Gasteiger partial charge is 0.295 e. The second-order valence-electron chi connectivity index (χ2n) is 6.12. The minimum absolute atomic E-state index is 0.0876. The molecule has 1 fully saturated rings. The van der Waals surface area contributed by atoms with E-state index in [-0.39, 0.29) is 43.3 Å². The number of aromatic nitrogens is 1. The van der Waals surface area contributed by atoms with Crippen molar-refractivity contribution in [2.24, 2.45) is 0 Å². The number of aliphatic hydroxyl groups excluding tert-OH is 2. The number of rotatable bonds is 7. The Balaban J connectivity index is 2.03. The van der Waals surface area contributed by atoms with Gasteiger partial charge in [-0.2, -0.15) is 0 Å². The maximum atomic E-state index is 13.2. The van der Waals surface area contributed by atoms with Gasteiger partial charge in [-0.05, 0) is 35.9 Å². The number of pyridine rings is 1. The minimum atomic E-state index is -0.850. The Hall–Kier alpha value is -3.10. The summed E-state index contributed by atoms with van der Waals surface area (Å²) in [5, 5.41) is 19.5. The van der Waals surface area contributed by atoms with E-state index in [1.54, 1.807) is 18.3 Å². The van der Waals surface area contributed by atoms with Gasteiger partial charge >= 0.3 is 0 Å². The fraction of sp³-hybridized carbons (Fsp3) is 0.250. The number of carbonyl (C=O) groups excluding carboxylic acids is 2. The number of halogens is 1. The van der Waals surface area contributed by atoms with E-state index in [9.17, 15) is 19.1 Å². The summed E-state index contributed by atoms with van der Waals surface area (Å²) in [4.78, 5) is 30.6. The lowest BCUT2D eigenvalue weighted by atomic mass is 9.96. The summed E-state index contributed by atoms with van der Waals surface area (Å²) >= 11 is 0. The van der Waals surface area contributed by atoms with Gasteiger partial charge in [0.25, 0.3) is 11.7 Å². The van der Waals surface area contributed by atoms with E-state index in [1.165, 1.54) is 23.2 Å². The molecule has 7 nitrogen and oxygen atoms in total. The van der Waals surface area contributed by atoms with Crippen LogP contribution in [-0.4, -0.2) is 58.2 Å². The number of amides is 1. The fourth-order valence-electron chi connectivity index (χ4n) is 3.09. The van der Waals surface area contributed by atoms with E-state index >= 15 is 0 Å². The van der Waals surface area contributed by atoms with Gasteiger partial charge in [0.1, 0.15) is 11.6 Å². The molecule has 1 saturated heterocycles. The summed E-state index contributed by atoms with van der Waals surface area (Å²) in [7, 11) is 0. The van der Waals surface area contributed by atoms with Crippen LogP contribution in [0, 0.1) is 5.82 Å². The van der Waals surface area contributed by atoms with Crippen molar-refractivity contribution in [3.63, 3.8) is 0 Å². The van der Waals surface area contributed by atoms with E-state index in [2.05, 4.69) is 4.98 Å². The molecule has 28 heavy (non-hydrogen) atoms. The molecule has 2 heterocycles. The Morgan fingerprint density at radius 2 is 1.93 bits per heavy atom. The van der Waals surface area contributed by atoms with Gasteiger partial charge in [-0.1, -0.05) is 6.07 Å². The van der Waals surface area contributed by atoms with Crippen molar-refractivity contribution in [2.45, 2.75) is 6.04 Å². The summed E-state index contributed by atoms with van der Waals surface area (Å²) in [6.45, 7) is 0.151. The zero-order chi connectivity index (χ0) is 20.1. The molecule has 0 aliphatic carbocycles. The van der Waals surface area contributed by atoms with Crippen molar-refractivity contribution in [2.75, 3.05) is 26.4 Å². The van der Waals surface area contributed by atoms with E-state index in [1.807, 2.05) is 0 Å². The zero-order valence-electron chi connectivity index (χ0n) is 14.9. The summed E-state index contributed by atoms with van der Waals surface area (Å²) in [6, 6.07) is 7.50. The quantitative estimate of drug-likeness (QED) is 0.325. The maximum absolute atomic E-state index is 13.2. The molecule has 1 aromatic carbocycles. The number of ketones is 1. The number of ether oxygens (including phenoxy) is 1. The molecule has 0 spiro atoms. The molecular formula is C20H19FN2O5. The normalized spacial score (nSPS) is 18.6. The summed E-state index contributed by atoms with van der Waals surface area (Å²) in [5.74, 6) is -2.48. The van der Waals surface area contributed by atoms with Gasteiger partial charge in [0.15, 0.2) is 0 Å². The highest BCUT2D eigenvalue weighted by atomic mass is 19.1. The predicted molar refractivity (Wildman–Crippen MR) is 97.6 cm³/mol. The van der Waals surface area contributed by atoms with Crippen LogP contribution >= 0.6 is 0 Å². The molecule has 8 heteroatoms. The van der Waals surface area contributed by atoms with E-state index in [4.69, 9.17) is 9.84 Å². The molecule has 0 radical (unpaired) electrons. The van der Waals surface area contributed by atoms with Gasteiger partial charge in [-0.25, -0.2) is 4.39 Å². The molecule has 2 aromatic rings. The largest absolute Gasteiger partial charge is 0.507 e. The third-order valence-electron chi connectivity index (χ3n) is 4.37. The number of hydrogen-bond acceptors (Lipinski definition) is 6. The SMILES string of the molecule is O=C1C(=O)N(CCOCCO)C(c2cccnc2)/C1=C(\O)c1ccc(F)cc1. The lowest BCUT2D eigenvalue weighted by molar-refractivity contribution is -0.140. The number of aliphatic hydroxyl groups is 2. The molecule has 146 valence electrons. The van der Waals surface area contributed by atoms with Gasteiger partial charge < -0.3 is 19.8 Å². The van der Waals surface area contributed by atoms with Crippen molar-refractivity contribution < 1.29 is 28.9 Å². The van der Waals surface area contributed by atoms with Gasteiger partial charge in [0.2, 0.25) is 0 Å². The number of benzene rings is 1. The number of carbonyl (C=O) groups is 2. The standard InChI is InChI=1S/C20H19FN2O5/c21-15-5-3-13(4-6-15)18(25)16-17(14-2-1-7-22-12-14)23(20(27)19(16)26)8-10-28-11-9-24/h1-7,12,17,24-25H,8-11H2/b18-16+. The highest BCUT2D eigenvalue weighted by Gasteiger charge is 2.45. The van der Waals surface area contributed by atoms with Gasteiger partial charge in [-0.3, -0.25) is 14.6 Å². The second-order valence-corrected chi connectivity index (χ2v) is 6.12. The first-order valence-corrected chi connectivity index (χ1v) is 8.67. The van der Waals surface area contributed by atoms with Crippen molar-refractivity contribution in [3.05, 3.63) is 71.3 Å². The number of Topliss-reactive ketones (excluding diaryl/α,β-unsaturated/α-hetero) is 1. The lowest BCUT2D eigenvalue weighted by Gasteiger charge is -2.24. The minimum Gasteiger partial charge on any atom is -0.507 e. The van der Waals surface area contributed by atoms with E-state index in [0.29, 0.717) is 5.56 Å². The summed E-state index contributed by atoms with van der Waals surface area (Å²) in [6.07, 6.45) is 3.07. The summed E-state index contributed by atoms with van der Waals surface area (Å²) in [5.41, 5.74) is 0.684. The third-order valence-corrected chi connectivity index (χ3v) is 4.37. The van der Waals surface area contributed by atoms with Crippen LogP contribution < -0.4 is 0 Å². The maximum Gasteiger partial charge on any atom is 0.295 e. The van der Waals surface area contributed by atoms with Crippen LogP contribution in [0.5, 0.6) is 0 Å². The Morgan fingerprint density at radius 1 is 1.18 bits per heavy atom. The second kappa shape index (κ2) is 8.73. The number of likely N-dealkylation sites (tertiary alicyclic amines) is 1. The zero-order valence-corrected chi connectivity index (χ0v) is 14.9. The molecule has 1 atom stereocenters. The van der Waals surface area contributed by atoms with Gasteiger partial charge in [0.05, 0.1) is 31.4 Å². The first kappa shape index (κ1) is 19.7. The van der Waals surface area contributed by atoms with E-state index < -0.39 is 23.5 Å². The molecule has 1 aliphatic rings. The van der Waals surface area contributed by atoms with Crippen LogP contribution in [0.4, 0.5) is 4.39 Å². The molecule has 1 unspecified atom stereocenters. The van der Waals surface area contributed by atoms with Crippen LogP contribution in [0.15, 0.2) is 54.4 Å². The lowest BCUT2D eigenvalue weighted by Crippen LogP contribution is -2.33. The molecule has 1 aliphatic heterocycles. The Kier molecular flexibility index (Phi) is 6.13. The number of hydrogen-bond donors (Lipinski definition) is 2. The van der Waals surface area contributed by atoms with Crippen molar-refractivity contribution in [3.8, 4) is 0 Å². The van der Waals surface area contributed by atoms with Crippen molar-refractivity contribution >= 4 is 17.4 Å². The number of nitrogens with zero attached hydrogens (tertiary/aromatic N) is 2. The van der Waals surface area contributed by atoms with Gasteiger partial charge in [-0.15, -0.1) is 0 Å². The highest BCUT2D eigenvalue weighted by Crippen LogP contribution is 2.38. The fourth-order valence-corrected chi connectivity index (χ4v) is 3.09. The van der Waals surface area contributed by atoms with Crippen LogP contribution in [-0.2, 0) is 14.3 Å². The topological polar surface area (TPSA) is 100.0 Å². The molecule has 1 amide bonds. The Morgan fingerprint density at radius 3 is 2.57 bits per heavy atom. The molecular weight excluding hydrogens is 367 g/mol. The van der Waals surface area contributed by atoms with Crippen LogP contribution in [0.25, 0.3) is 5.76 Å². The van der Waals surface area contributed by atoms with Gasteiger partial charge in [0, 0.05) is 24.5 Å². The van der Waals surface area contributed by atoms with Crippen molar-refractivity contribution in [1.29, 1.82) is 0 Å². The highest BCUT2D eigenvalue weighted by molar-refractivity contribution is 6.46. The molecule has 1 aromatic heterocycles. The predicted octanol–water partition coefficient (Wildman–Crippen LogP) is 1.65. The first-order chi connectivity index (χ1) is 13.5. The van der Waals surface area contributed by atoms with Crippen LogP contribution in [0.1, 0.15) is 17.2 Å². The molecule has 3 rings (SSSR count). The Labute approximate surface area is 160 Å². The monoisotopic (exact) mass is 386 g/mol. The molecule has 0 bridgehead atoms. The summed E-state index contributed by atoms with van der Waals surface area (Å²) < 4.78 is 18.4. The average molecular weight is 386 g/mol. The van der Waals surface area contributed by atoms with Crippen molar-refractivity contribution in [1.82, 2.24) is 9.88 Å². The van der Waals surface area contributed by atoms with Crippen LogP contribution in [0.3, 0.4) is 0 Å².